The molecular formula is C10H14N2O4S2. The second-order valence-electron chi connectivity index (χ2n) is 4.37. The molecule has 0 unspecified atom stereocenters. The molecule has 0 heterocycles. The van der Waals surface area contributed by atoms with E-state index < -0.39 is 20.0 Å². The van der Waals surface area contributed by atoms with Crippen LogP contribution in [0.1, 0.15) is 18.4 Å². The van der Waals surface area contributed by atoms with E-state index in [4.69, 9.17) is 5.14 Å². The van der Waals surface area contributed by atoms with Crippen LogP contribution in [0.5, 0.6) is 0 Å². The fourth-order valence-electron chi connectivity index (χ4n) is 1.54. The molecule has 0 aromatic heterocycles. The zero-order valence-electron chi connectivity index (χ0n) is 9.75. The molecule has 1 aromatic rings. The van der Waals surface area contributed by atoms with Gasteiger partial charge < -0.3 is 0 Å². The Morgan fingerprint density at radius 2 is 1.83 bits per heavy atom. The summed E-state index contributed by atoms with van der Waals surface area (Å²) in [6.45, 7) is 1.62. The van der Waals surface area contributed by atoms with Crippen LogP contribution in [0.25, 0.3) is 0 Å². The number of benzene rings is 1. The quantitative estimate of drug-likeness (QED) is 0.844. The number of rotatable bonds is 4. The summed E-state index contributed by atoms with van der Waals surface area (Å²) in [7, 11) is -7.11. The molecule has 2 rings (SSSR count). The molecule has 1 saturated carbocycles. The van der Waals surface area contributed by atoms with E-state index in [1.807, 2.05) is 0 Å². The second kappa shape index (κ2) is 4.22. The predicted octanol–water partition coefficient (Wildman–Crippen LogP) is 0.547. The topological polar surface area (TPSA) is 106 Å². The molecule has 0 atom stereocenters. The largest absolute Gasteiger partial charge is 0.283 e. The molecule has 1 fully saturated rings. The number of nitrogens with one attached hydrogen (secondary N) is 1. The van der Waals surface area contributed by atoms with Crippen LogP contribution in [-0.2, 0) is 20.0 Å². The lowest BCUT2D eigenvalue weighted by atomic mass is 10.2. The lowest BCUT2D eigenvalue weighted by molar-refractivity contribution is 0.597. The zero-order chi connectivity index (χ0) is 13.6. The Bertz CT molecular complexity index is 676. The van der Waals surface area contributed by atoms with Crippen LogP contribution in [0.4, 0.5) is 5.69 Å². The Hall–Kier alpha value is -1.12. The Morgan fingerprint density at radius 1 is 1.22 bits per heavy atom. The van der Waals surface area contributed by atoms with Gasteiger partial charge in [-0.15, -0.1) is 0 Å². The van der Waals surface area contributed by atoms with E-state index in [1.165, 1.54) is 18.2 Å². The fraction of sp³-hybridized carbons (Fsp3) is 0.400. The molecule has 1 aliphatic rings. The van der Waals surface area contributed by atoms with Crippen LogP contribution in [-0.4, -0.2) is 22.1 Å². The smallest absolute Gasteiger partial charge is 0.238 e. The van der Waals surface area contributed by atoms with Gasteiger partial charge in [0.05, 0.1) is 15.8 Å². The van der Waals surface area contributed by atoms with Crippen LogP contribution in [0.3, 0.4) is 0 Å². The van der Waals surface area contributed by atoms with Crippen molar-refractivity contribution in [1.82, 2.24) is 0 Å². The van der Waals surface area contributed by atoms with Crippen molar-refractivity contribution in [3.05, 3.63) is 23.8 Å². The predicted molar refractivity (Wildman–Crippen MR) is 68.1 cm³/mol. The minimum Gasteiger partial charge on any atom is -0.283 e. The highest BCUT2D eigenvalue weighted by Gasteiger charge is 2.35. The first-order chi connectivity index (χ1) is 8.20. The minimum atomic E-state index is -3.77. The highest BCUT2D eigenvalue weighted by Crippen LogP contribution is 2.30. The van der Waals surface area contributed by atoms with Crippen molar-refractivity contribution in [2.24, 2.45) is 5.14 Å². The van der Waals surface area contributed by atoms with Crippen LogP contribution in [0, 0.1) is 6.92 Å². The van der Waals surface area contributed by atoms with E-state index in [2.05, 4.69) is 4.72 Å². The first kappa shape index (κ1) is 13.3. The van der Waals surface area contributed by atoms with Crippen molar-refractivity contribution in [2.75, 3.05) is 4.72 Å². The van der Waals surface area contributed by atoms with Gasteiger partial charge in [0.25, 0.3) is 0 Å². The van der Waals surface area contributed by atoms with E-state index in [0.717, 1.165) is 0 Å². The van der Waals surface area contributed by atoms with E-state index in [-0.39, 0.29) is 10.1 Å². The molecule has 8 heteroatoms. The summed E-state index contributed by atoms with van der Waals surface area (Å²) < 4.78 is 48.2. The van der Waals surface area contributed by atoms with Crippen molar-refractivity contribution >= 4 is 25.7 Å². The molecule has 6 nitrogen and oxygen atoms in total. The van der Waals surface area contributed by atoms with Gasteiger partial charge in [-0.1, -0.05) is 0 Å². The van der Waals surface area contributed by atoms with Crippen LogP contribution >= 0.6 is 0 Å². The van der Waals surface area contributed by atoms with Crippen LogP contribution < -0.4 is 9.86 Å². The molecule has 100 valence electrons. The van der Waals surface area contributed by atoms with E-state index in [9.17, 15) is 16.8 Å². The molecular weight excluding hydrogens is 276 g/mol. The third kappa shape index (κ3) is 2.82. The number of primary sulfonamides is 1. The monoisotopic (exact) mass is 290 g/mol. The Balaban J connectivity index is 2.31. The maximum absolute atomic E-state index is 11.7. The number of sulfonamides is 2. The maximum atomic E-state index is 11.7. The van der Waals surface area contributed by atoms with Gasteiger partial charge in [0.2, 0.25) is 20.0 Å². The summed E-state index contributed by atoms with van der Waals surface area (Å²) in [6, 6.07) is 4.04. The van der Waals surface area contributed by atoms with Crippen molar-refractivity contribution in [1.29, 1.82) is 0 Å². The molecule has 0 aliphatic heterocycles. The molecule has 1 aliphatic carbocycles. The average molecular weight is 290 g/mol. The summed E-state index contributed by atoms with van der Waals surface area (Å²) in [5.74, 6) is 0. The van der Waals surface area contributed by atoms with Gasteiger partial charge in [-0.25, -0.2) is 22.0 Å². The molecule has 0 bridgehead atoms. The second-order valence-corrected chi connectivity index (χ2v) is 7.89. The Labute approximate surface area is 106 Å². The van der Waals surface area contributed by atoms with Gasteiger partial charge in [-0.3, -0.25) is 4.72 Å². The highest BCUT2D eigenvalue weighted by atomic mass is 32.2. The Kier molecular flexibility index (Phi) is 3.12. The standard InChI is InChI=1S/C10H14N2O4S2/c1-7-6-9(17(11,13)14)4-5-10(7)12-18(15,16)8-2-3-8/h4-6,8,12H,2-3H2,1H3,(H2,11,13,14). The average Bonchev–Trinajstić information content (AvgIpc) is 3.02. The number of aryl methyl sites for hydroxylation is 1. The molecule has 3 N–H and O–H groups in total. The fourth-order valence-corrected chi connectivity index (χ4v) is 3.60. The van der Waals surface area contributed by atoms with Gasteiger partial charge in [0.15, 0.2) is 0 Å². The van der Waals surface area contributed by atoms with Crippen LogP contribution in [0.15, 0.2) is 23.1 Å². The molecule has 0 amide bonds. The number of hydrogen-bond acceptors (Lipinski definition) is 4. The minimum absolute atomic E-state index is 0.0330. The number of hydrogen-bond donors (Lipinski definition) is 2. The number of anilines is 1. The van der Waals surface area contributed by atoms with Gasteiger partial charge in [0, 0.05) is 0 Å². The van der Waals surface area contributed by atoms with Crippen molar-refractivity contribution in [3.8, 4) is 0 Å². The lowest BCUT2D eigenvalue weighted by Crippen LogP contribution is -2.18. The van der Waals surface area contributed by atoms with Crippen molar-refractivity contribution in [2.45, 2.75) is 29.9 Å². The van der Waals surface area contributed by atoms with Gasteiger partial charge in [-0.05, 0) is 43.5 Å². The summed E-state index contributed by atoms with van der Waals surface area (Å²) in [5, 5.41) is 4.67. The van der Waals surface area contributed by atoms with E-state index >= 15 is 0 Å². The van der Waals surface area contributed by atoms with Crippen molar-refractivity contribution in [3.63, 3.8) is 0 Å². The third-order valence-electron chi connectivity index (χ3n) is 2.74. The van der Waals surface area contributed by atoms with E-state index in [1.54, 1.807) is 6.92 Å². The molecule has 0 spiro atoms. The van der Waals surface area contributed by atoms with Crippen molar-refractivity contribution < 1.29 is 16.8 Å². The number of nitrogens with two attached hydrogens (primary N) is 1. The normalized spacial score (nSPS) is 16.6. The first-order valence-corrected chi connectivity index (χ1v) is 8.44. The zero-order valence-corrected chi connectivity index (χ0v) is 11.4. The van der Waals surface area contributed by atoms with E-state index in [0.29, 0.717) is 24.1 Å². The molecule has 0 radical (unpaired) electrons. The summed E-state index contributed by atoms with van der Waals surface area (Å²) in [6.07, 6.45) is 1.34. The van der Waals surface area contributed by atoms with Gasteiger partial charge >= 0.3 is 0 Å². The SMILES string of the molecule is Cc1cc(S(N)(=O)=O)ccc1NS(=O)(=O)C1CC1. The lowest BCUT2D eigenvalue weighted by Gasteiger charge is -2.10. The first-order valence-electron chi connectivity index (χ1n) is 5.35. The van der Waals surface area contributed by atoms with Gasteiger partial charge in [0.1, 0.15) is 0 Å². The highest BCUT2D eigenvalue weighted by molar-refractivity contribution is 7.93. The molecule has 18 heavy (non-hydrogen) atoms. The summed E-state index contributed by atoms with van der Waals surface area (Å²) in [4.78, 5) is -0.0330. The molecule has 1 aromatic carbocycles. The van der Waals surface area contributed by atoms with Crippen LogP contribution in [0.2, 0.25) is 0 Å². The third-order valence-corrected chi connectivity index (χ3v) is 5.51. The Morgan fingerprint density at radius 3 is 2.28 bits per heavy atom. The summed E-state index contributed by atoms with van der Waals surface area (Å²) in [5.41, 5.74) is 0.903. The summed E-state index contributed by atoms with van der Waals surface area (Å²) >= 11 is 0. The molecule has 0 saturated heterocycles. The van der Waals surface area contributed by atoms with Gasteiger partial charge in [-0.2, -0.15) is 0 Å². The maximum Gasteiger partial charge on any atom is 0.238 e.